The van der Waals surface area contributed by atoms with Crippen LogP contribution >= 0.6 is 27.5 Å². The van der Waals surface area contributed by atoms with E-state index in [1.807, 2.05) is 18.2 Å². The normalized spacial score (nSPS) is 10.6. The number of methoxy groups -OCH3 is 1. The summed E-state index contributed by atoms with van der Waals surface area (Å²) in [5.41, 5.74) is 1.96. The average molecular weight is 387 g/mol. The molecule has 0 atom stereocenters. The Kier molecular flexibility index (Phi) is 5.13. The highest BCUT2D eigenvalue weighted by Crippen LogP contribution is 2.26. The molecule has 0 aliphatic rings. The molecule has 7 heteroatoms. The van der Waals surface area contributed by atoms with Crippen LogP contribution in [0.25, 0.3) is 0 Å². The first kappa shape index (κ1) is 16.8. The molecular formula is C15H17BrClN3O2. The number of amides is 1. The zero-order valence-electron chi connectivity index (χ0n) is 12.9. The van der Waals surface area contributed by atoms with Crippen molar-refractivity contribution < 1.29 is 9.53 Å². The van der Waals surface area contributed by atoms with Crippen LogP contribution in [0.4, 0.5) is 0 Å². The lowest BCUT2D eigenvalue weighted by Crippen LogP contribution is -2.27. The highest BCUT2D eigenvalue weighted by Gasteiger charge is 2.22. The maximum Gasteiger partial charge on any atom is 0.258 e. The predicted octanol–water partition coefficient (Wildman–Crippen LogP) is 3.43. The molecule has 0 spiro atoms. The van der Waals surface area contributed by atoms with Crippen LogP contribution < -0.4 is 4.74 Å². The molecule has 1 aromatic heterocycles. The molecule has 0 saturated heterocycles. The van der Waals surface area contributed by atoms with Gasteiger partial charge in [0, 0.05) is 30.7 Å². The SMILES string of the molecule is COc1ccc(Br)cc1CN(C)C(=O)c1c(C)nn(C)c1Cl. The lowest BCUT2D eigenvalue weighted by molar-refractivity contribution is 0.0783. The Morgan fingerprint density at radius 3 is 2.73 bits per heavy atom. The number of benzene rings is 1. The van der Waals surface area contributed by atoms with E-state index in [0.717, 1.165) is 15.8 Å². The van der Waals surface area contributed by atoms with Gasteiger partial charge in [-0.05, 0) is 25.1 Å². The Morgan fingerprint density at radius 1 is 1.50 bits per heavy atom. The molecule has 0 saturated carbocycles. The lowest BCUT2D eigenvalue weighted by Gasteiger charge is -2.19. The first-order valence-corrected chi connectivity index (χ1v) is 7.79. The molecular weight excluding hydrogens is 370 g/mol. The predicted molar refractivity (Wildman–Crippen MR) is 89.4 cm³/mol. The molecule has 1 heterocycles. The van der Waals surface area contributed by atoms with Crippen molar-refractivity contribution in [2.75, 3.05) is 14.2 Å². The van der Waals surface area contributed by atoms with Gasteiger partial charge < -0.3 is 9.64 Å². The molecule has 1 amide bonds. The molecule has 0 aliphatic carbocycles. The van der Waals surface area contributed by atoms with E-state index in [1.54, 1.807) is 33.0 Å². The van der Waals surface area contributed by atoms with Crippen molar-refractivity contribution >= 4 is 33.4 Å². The molecule has 0 fully saturated rings. The number of carbonyl (C=O) groups excluding carboxylic acids is 1. The number of ether oxygens (including phenoxy) is 1. The van der Waals surface area contributed by atoms with Gasteiger partial charge >= 0.3 is 0 Å². The minimum atomic E-state index is -0.169. The van der Waals surface area contributed by atoms with Gasteiger partial charge in [-0.25, -0.2) is 0 Å². The van der Waals surface area contributed by atoms with Crippen molar-refractivity contribution in [1.29, 1.82) is 0 Å². The Bertz CT molecular complexity index is 715. The summed E-state index contributed by atoms with van der Waals surface area (Å²) in [6.07, 6.45) is 0. The molecule has 0 aliphatic heterocycles. The molecule has 0 unspecified atom stereocenters. The van der Waals surface area contributed by atoms with E-state index >= 15 is 0 Å². The number of nitrogens with zero attached hydrogens (tertiary/aromatic N) is 3. The van der Waals surface area contributed by atoms with Crippen LogP contribution in [0.15, 0.2) is 22.7 Å². The van der Waals surface area contributed by atoms with Gasteiger partial charge in [0.25, 0.3) is 5.91 Å². The minimum Gasteiger partial charge on any atom is -0.496 e. The van der Waals surface area contributed by atoms with E-state index in [-0.39, 0.29) is 5.91 Å². The van der Waals surface area contributed by atoms with Gasteiger partial charge in [0.15, 0.2) is 0 Å². The van der Waals surface area contributed by atoms with Gasteiger partial charge in [0.05, 0.1) is 18.4 Å². The quantitative estimate of drug-likeness (QED) is 0.809. The van der Waals surface area contributed by atoms with Crippen LogP contribution in [-0.4, -0.2) is 34.7 Å². The van der Waals surface area contributed by atoms with Gasteiger partial charge in [-0.1, -0.05) is 27.5 Å². The summed E-state index contributed by atoms with van der Waals surface area (Å²) in [5.74, 6) is 0.564. The number of rotatable bonds is 4. The lowest BCUT2D eigenvalue weighted by atomic mass is 10.1. The number of halogens is 2. The van der Waals surface area contributed by atoms with Gasteiger partial charge in [-0.2, -0.15) is 5.10 Å². The van der Waals surface area contributed by atoms with Crippen molar-refractivity contribution in [2.45, 2.75) is 13.5 Å². The maximum absolute atomic E-state index is 12.6. The average Bonchev–Trinajstić information content (AvgIpc) is 2.71. The largest absolute Gasteiger partial charge is 0.496 e. The summed E-state index contributed by atoms with van der Waals surface area (Å²) in [6, 6.07) is 5.69. The maximum atomic E-state index is 12.6. The highest BCUT2D eigenvalue weighted by atomic mass is 79.9. The van der Waals surface area contributed by atoms with Gasteiger partial charge in [-0.3, -0.25) is 9.48 Å². The standard InChI is InChI=1S/C15H17BrClN3O2/c1-9-13(14(17)20(3)18-9)15(21)19(2)8-10-7-11(16)5-6-12(10)22-4/h5-7H,8H2,1-4H3. The summed E-state index contributed by atoms with van der Waals surface area (Å²) < 4.78 is 7.76. The number of hydrogen-bond donors (Lipinski definition) is 0. The second kappa shape index (κ2) is 6.71. The van der Waals surface area contributed by atoms with Crippen LogP contribution in [0, 0.1) is 6.92 Å². The first-order chi connectivity index (χ1) is 10.3. The molecule has 2 rings (SSSR count). The van der Waals surface area contributed by atoms with Crippen molar-refractivity contribution in [3.8, 4) is 5.75 Å². The molecule has 0 N–H and O–H groups in total. The van der Waals surface area contributed by atoms with Crippen LogP contribution in [0.5, 0.6) is 5.75 Å². The Morgan fingerprint density at radius 2 is 2.18 bits per heavy atom. The number of hydrogen-bond acceptors (Lipinski definition) is 3. The van der Waals surface area contributed by atoms with Gasteiger partial charge in [0.1, 0.15) is 10.9 Å². The van der Waals surface area contributed by atoms with Crippen LogP contribution in [0.2, 0.25) is 5.15 Å². The Labute approximate surface area is 142 Å². The van der Waals surface area contributed by atoms with Crippen molar-refractivity contribution in [1.82, 2.24) is 14.7 Å². The molecule has 22 heavy (non-hydrogen) atoms. The van der Waals surface area contributed by atoms with Gasteiger partial charge in [-0.15, -0.1) is 0 Å². The second-order valence-electron chi connectivity index (χ2n) is 4.99. The number of aromatic nitrogens is 2. The van der Waals surface area contributed by atoms with Crippen LogP contribution in [0.1, 0.15) is 21.6 Å². The monoisotopic (exact) mass is 385 g/mol. The van der Waals surface area contributed by atoms with E-state index in [2.05, 4.69) is 21.0 Å². The van der Waals surface area contributed by atoms with E-state index in [4.69, 9.17) is 16.3 Å². The Hall–Kier alpha value is -1.53. The van der Waals surface area contributed by atoms with E-state index < -0.39 is 0 Å². The molecule has 2 aromatic rings. The topological polar surface area (TPSA) is 47.4 Å². The second-order valence-corrected chi connectivity index (χ2v) is 6.27. The third-order valence-electron chi connectivity index (χ3n) is 3.36. The van der Waals surface area contributed by atoms with Crippen molar-refractivity contribution in [2.24, 2.45) is 7.05 Å². The van der Waals surface area contributed by atoms with Crippen molar-refractivity contribution in [3.05, 3.63) is 44.6 Å². The Balaban J connectivity index is 2.27. The van der Waals surface area contributed by atoms with Crippen LogP contribution in [0.3, 0.4) is 0 Å². The fraction of sp³-hybridized carbons (Fsp3) is 0.333. The summed E-state index contributed by atoms with van der Waals surface area (Å²) in [4.78, 5) is 14.2. The summed E-state index contributed by atoms with van der Waals surface area (Å²) >= 11 is 9.59. The molecule has 0 radical (unpaired) electrons. The minimum absolute atomic E-state index is 0.169. The molecule has 118 valence electrons. The third kappa shape index (κ3) is 3.28. The smallest absolute Gasteiger partial charge is 0.258 e. The molecule has 0 bridgehead atoms. The summed E-state index contributed by atoms with van der Waals surface area (Å²) in [5, 5.41) is 4.52. The van der Waals surface area contributed by atoms with E-state index in [1.165, 1.54) is 4.68 Å². The molecule has 5 nitrogen and oxygen atoms in total. The highest BCUT2D eigenvalue weighted by molar-refractivity contribution is 9.10. The first-order valence-electron chi connectivity index (χ1n) is 6.62. The van der Waals surface area contributed by atoms with Crippen LogP contribution in [-0.2, 0) is 13.6 Å². The number of aryl methyl sites for hydroxylation is 2. The number of carbonyl (C=O) groups is 1. The molecule has 1 aromatic carbocycles. The zero-order chi connectivity index (χ0) is 16.4. The summed E-state index contributed by atoms with van der Waals surface area (Å²) in [7, 11) is 5.05. The van der Waals surface area contributed by atoms with E-state index in [0.29, 0.717) is 23.0 Å². The summed E-state index contributed by atoms with van der Waals surface area (Å²) in [6.45, 7) is 2.18. The van der Waals surface area contributed by atoms with E-state index in [9.17, 15) is 4.79 Å². The third-order valence-corrected chi connectivity index (χ3v) is 4.29. The van der Waals surface area contributed by atoms with Crippen molar-refractivity contribution in [3.63, 3.8) is 0 Å². The van der Waals surface area contributed by atoms with Gasteiger partial charge in [0.2, 0.25) is 0 Å². The zero-order valence-corrected chi connectivity index (χ0v) is 15.2. The fourth-order valence-corrected chi connectivity index (χ4v) is 2.93. The fourth-order valence-electron chi connectivity index (χ4n) is 2.26.